The lowest BCUT2D eigenvalue weighted by Crippen LogP contribution is -2.32. The van der Waals surface area contributed by atoms with E-state index in [9.17, 15) is 36.9 Å². The number of nitro groups is 1. The van der Waals surface area contributed by atoms with E-state index in [1.54, 1.807) is 10.9 Å². The molecule has 0 aromatic heterocycles. The first-order valence-corrected chi connectivity index (χ1v) is 6.52. The van der Waals surface area contributed by atoms with Crippen LogP contribution in [-0.2, 0) is 11.2 Å². The molecule has 0 aliphatic rings. The van der Waals surface area contributed by atoms with E-state index in [1.165, 1.54) is 12.1 Å². The number of anilines is 1. The molecular weight excluding hydrogens is 353 g/mol. The lowest BCUT2D eigenvalue weighted by Gasteiger charge is -2.12. The Morgan fingerprint density at radius 3 is 1.88 bits per heavy atom. The van der Waals surface area contributed by atoms with Gasteiger partial charge in [0.25, 0.3) is 5.69 Å². The number of benzene rings is 2. The summed E-state index contributed by atoms with van der Waals surface area (Å²) in [6.45, 7) is 0. The van der Waals surface area contributed by atoms with Crippen molar-refractivity contribution in [1.29, 1.82) is 0 Å². The van der Waals surface area contributed by atoms with Crippen molar-refractivity contribution in [1.82, 2.24) is 5.43 Å². The molecule has 0 aliphatic heterocycles. The van der Waals surface area contributed by atoms with Gasteiger partial charge in [-0.2, -0.15) is 0 Å². The van der Waals surface area contributed by atoms with E-state index in [0.29, 0.717) is 5.56 Å². The fourth-order valence-corrected chi connectivity index (χ4v) is 1.81. The van der Waals surface area contributed by atoms with Crippen LogP contribution >= 0.6 is 0 Å². The Kier molecular flexibility index (Phi) is 5.15. The maximum Gasteiger partial charge on any atom is 0.269 e. The molecule has 0 aliphatic carbocycles. The average Bonchev–Trinajstić information content (AvgIpc) is 2.58. The highest BCUT2D eigenvalue weighted by atomic mass is 19.2. The van der Waals surface area contributed by atoms with Gasteiger partial charge in [-0.3, -0.25) is 25.8 Å². The number of hydrazine groups is 1. The third-order valence-corrected chi connectivity index (χ3v) is 3.05. The van der Waals surface area contributed by atoms with E-state index >= 15 is 0 Å². The minimum Gasteiger partial charge on any atom is -0.293 e. The van der Waals surface area contributed by atoms with Crippen molar-refractivity contribution in [3.63, 3.8) is 0 Å². The van der Waals surface area contributed by atoms with E-state index in [2.05, 4.69) is 0 Å². The highest BCUT2D eigenvalue weighted by molar-refractivity contribution is 5.80. The van der Waals surface area contributed by atoms with Crippen LogP contribution in [0.3, 0.4) is 0 Å². The molecule has 2 N–H and O–H groups in total. The molecule has 0 bridgehead atoms. The maximum atomic E-state index is 13.4. The average molecular weight is 361 g/mol. The van der Waals surface area contributed by atoms with Gasteiger partial charge in [0.05, 0.1) is 11.3 Å². The van der Waals surface area contributed by atoms with Crippen LogP contribution in [0.25, 0.3) is 0 Å². The zero-order valence-electron chi connectivity index (χ0n) is 12.1. The van der Waals surface area contributed by atoms with Crippen LogP contribution in [0.2, 0.25) is 0 Å². The second-order valence-electron chi connectivity index (χ2n) is 4.72. The van der Waals surface area contributed by atoms with Crippen LogP contribution in [0.15, 0.2) is 24.3 Å². The molecule has 0 saturated carbocycles. The summed E-state index contributed by atoms with van der Waals surface area (Å²) in [5.41, 5.74) is 2.12. The highest BCUT2D eigenvalue weighted by Crippen LogP contribution is 2.26. The first kappa shape index (κ1) is 18.1. The van der Waals surface area contributed by atoms with E-state index in [4.69, 9.17) is 0 Å². The molecule has 0 spiro atoms. The number of hydrogen-bond donors (Lipinski definition) is 2. The van der Waals surface area contributed by atoms with Crippen molar-refractivity contribution in [2.75, 3.05) is 5.43 Å². The summed E-state index contributed by atoms with van der Waals surface area (Å²) >= 11 is 0. The third kappa shape index (κ3) is 3.82. The van der Waals surface area contributed by atoms with Crippen molar-refractivity contribution >= 4 is 17.3 Å². The lowest BCUT2D eigenvalue weighted by atomic mass is 10.1. The largest absolute Gasteiger partial charge is 0.293 e. The van der Waals surface area contributed by atoms with E-state index in [1.807, 2.05) is 0 Å². The Labute approximate surface area is 136 Å². The SMILES string of the molecule is O=C(Cc1ccc([N+](=O)[O-])cc1)NNc1c(F)c(F)c(F)c(F)c1F. The summed E-state index contributed by atoms with van der Waals surface area (Å²) < 4.78 is 65.7. The first-order valence-electron chi connectivity index (χ1n) is 6.52. The minimum atomic E-state index is -2.32. The molecule has 0 saturated heterocycles. The standard InChI is InChI=1S/C14H8F5N3O3/c15-9-10(16)12(18)14(13(19)11(9)17)21-20-8(23)5-6-1-3-7(4-2-6)22(24)25/h1-4,21H,5H2,(H,20,23). The molecule has 132 valence electrons. The zero-order chi connectivity index (χ0) is 18.7. The van der Waals surface area contributed by atoms with Gasteiger partial charge in [-0.05, 0) is 5.56 Å². The molecule has 2 aromatic carbocycles. The topological polar surface area (TPSA) is 84.3 Å². The summed E-state index contributed by atoms with van der Waals surface area (Å²) in [6.07, 6.45) is -0.361. The molecule has 0 radical (unpaired) electrons. The van der Waals surface area contributed by atoms with Crippen molar-refractivity contribution in [3.8, 4) is 0 Å². The van der Waals surface area contributed by atoms with Gasteiger partial charge in [0.15, 0.2) is 23.3 Å². The molecule has 6 nitrogen and oxygen atoms in total. The summed E-state index contributed by atoms with van der Waals surface area (Å²) in [6, 6.07) is 4.83. The molecule has 1 amide bonds. The minimum absolute atomic E-state index is 0.205. The Balaban J connectivity index is 2.07. The maximum absolute atomic E-state index is 13.4. The van der Waals surface area contributed by atoms with Crippen LogP contribution in [0.1, 0.15) is 5.56 Å². The number of non-ortho nitro benzene ring substituents is 1. The van der Waals surface area contributed by atoms with E-state index in [-0.39, 0.29) is 12.1 Å². The van der Waals surface area contributed by atoms with Gasteiger partial charge < -0.3 is 0 Å². The quantitative estimate of drug-likeness (QED) is 0.282. The summed E-state index contributed by atoms with van der Waals surface area (Å²) in [4.78, 5) is 21.5. The zero-order valence-corrected chi connectivity index (χ0v) is 12.1. The number of nitro benzene ring substituents is 1. The predicted octanol–water partition coefficient (Wildman–Crippen LogP) is 2.98. The lowest BCUT2D eigenvalue weighted by molar-refractivity contribution is -0.384. The van der Waals surface area contributed by atoms with Crippen LogP contribution in [0.5, 0.6) is 0 Å². The molecular formula is C14H8F5N3O3. The smallest absolute Gasteiger partial charge is 0.269 e. The van der Waals surface area contributed by atoms with Crippen molar-refractivity contribution in [3.05, 3.63) is 69.0 Å². The Morgan fingerprint density at radius 1 is 0.920 bits per heavy atom. The van der Waals surface area contributed by atoms with Crippen LogP contribution in [-0.4, -0.2) is 10.8 Å². The number of carbonyl (C=O) groups excluding carboxylic acids is 1. The van der Waals surface area contributed by atoms with Gasteiger partial charge in [-0.25, -0.2) is 22.0 Å². The molecule has 0 unspecified atom stereocenters. The van der Waals surface area contributed by atoms with Gasteiger partial charge in [-0.15, -0.1) is 0 Å². The van der Waals surface area contributed by atoms with Gasteiger partial charge in [0, 0.05) is 12.1 Å². The number of nitrogens with zero attached hydrogens (tertiary/aromatic N) is 1. The summed E-state index contributed by atoms with van der Waals surface area (Å²) in [5, 5.41) is 10.5. The Bertz CT molecular complexity index is 814. The second-order valence-corrected chi connectivity index (χ2v) is 4.72. The van der Waals surface area contributed by atoms with Gasteiger partial charge in [0.2, 0.25) is 11.7 Å². The van der Waals surface area contributed by atoms with Crippen molar-refractivity contribution < 1.29 is 31.7 Å². The fraction of sp³-hybridized carbons (Fsp3) is 0.0714. The van der Waals surface area contributed by atoms with Gasteiger partial charge in [0.1, 0.15) is 5.69 Å². The first-order chi connectivity index (χ1) is 11.7. The Morgan fingerprint density at radius 2 is 1.40 bits per heavy atom. The monoisotopic (exact) mass is 361 g/mol. The van der Waals surface area contributed by atoms with Crippen LogP contribution in [0, 0.1) is 39.2 Å². The molecule has 0 atom stereocenters. The number of amides is 1. The number of carbonyl (C=O) groups is 1. The van der Waals surface area contributed by atoms with Crippen molar-refractivity contribution in [2.24, 2.45) is 0 Å². The summed E-state index contributed by atoms with van der Waals surface area (Å²) in [5.74, 6) is -11.8. The Hall–Kier alpha value is -3.24. The number of nitrogens with one attached hydrogen (secondary N) is 2. The second kappa shape index (κ2) is 7.11. The fourth-order valence-electron chi connectivity index (χ4n) is 1.81. The van der Waals surface area contributed by atoms with E-state index in [0.717, 1.165) is 12.1 Å². The van der Waals surface area contributed by atoms with Crippen LogP contribution in [0.4, 0.5) is 33.3 Å². The van der Waals surface area contributed by atoms with Gasteiger partial charge in [-0.1, -0.05) is 12.1 Å². The molecule has 0 heterocycles. The van der Waals surface area contributed by atoms with Gasteiger partial charge >= 0.3 is 0 Å². The number of hydrogen-bond acceptors (Lipinski definition) is 4. The van der Waals surface area contributed by atoms with E-state index < -0.39 is 45.6 Å². The molecule has 2 rings (SSSR count). The highest BCUT2D eigenvalue weighted by Gasteiger charge is 2.26. The normalized spacial score (nSPS) is 10.4. The molecule has 2 aromatic rings. The number of rotatable bonds is 5. The van der Waals surface area contributed by atoms with Crippen molar-refractivity contribution in [2.45, 2.75) is 6.42 Å². The molecule has 11 heteroatoms. The predicted molar refractivity (Wildman–Crippen MR) is 74.8 cm³/mol. The van der Waals surface area contributed by atoms with Crippen LogP contribution < -0.4 is 10.9 Å². The summed E-state index contributed by atoms with van der Waals surface area (Å²) in [7, 11) is 0. The molecule has 0 fully saturated rings. The molecule has 25 heavy (non-hydrogen) atoms. The third-order valence-electron chi connectivity index (χ3n) is 3.05. The number of halogens is 5.